The molecule has 0 bridgehead atoms. The molecule has 0 aliphatic carbocycles. The molecule has 0 saturated heterocycles. The second-order valence-corrected chi connectivity index (χ2v) is 4.18. The van der Waals surface area contributed by atoms with E-state index in [4.69, 9.17) is 0 Å². The highest BCUT2D eigenvalue weighted by atomic mass is 19.4. The summed E-state index contributed by atoms with van der Waals surface area (Å²) >= 11 is 0. The quantitative estimate of drug-likeness (QED) is 0.774. The van der Waals surface area contributed by atoms with Crippen molar-refractivity contribution in [1.82, 2.24) is 0 Å². The number of rotatable bonds is 2. The van der Waals surface area contributed by atoms with Crippen molar-refractivity contribution in [3.8, 4) is 0 Å². The zero-order valence-electron chi connectivity index (χ0n) is 9.47. The van der Waals surface area contributed by atoms with Crippen molar-refractivity contribution in [3.63, 3.8) is 0 Å². The number of alkyl halides is 3. The van der Waals surface area contributed by atoms with Gasteiger partial charge in [-0.1, -0.05) is 38.9 Å². The van der Waals surface area contributed by atoms with Crippen LogP contribution in [0.4, 0.5) is 13.2 Å². The molecule has 0 amide bonds. The smallest absolute Gasteiger partial charge is 0.415 e. The Kier molecular flexibility index (Phi) is 3.68. The molecule has 0 radical (unpaired) electrons. The molecule has 1 nitrogen and oxygen atoms in total. The van der Waals surface area contributed by atoms with Crippen LogP contribution in [0, 0.1) is 0 Å². The van der Waals surface area contributed by atoms with Gasteiger partial charge in [0, 0.05) is 0 Å². The molecule has 16 heavy (non-hydrogen) atoms. The van der Waals surface area contributed by atoms with Crippen LogP contribution < -0.4 is 5.46 Å². The predicted octanol–water partition coefficient (Wildman–Crippen LogP) is 2.65. The van der Waals surface area contributed by atoms with E-state index in [2.05, 4.69) is 0 Å². The minimum atomic E-state index is -4.41. The van der Waals surface area contributed by atoms with Gasteiger partial charge in [-0.2, -0.15) is 13.2 Å². The molecule has 0 heterocycles. The average molecular weight is 230 g/mol. The summed E-state index contributed by atoms with van der Waals surface area (Å²) in [7, 11) is 0. The Labute approximate surface area is 93.4 Å². The van der Waals surface area contributed by atoms with Crippen LogP contribution >= 0.6 is 0 Å². The molecule has 0 aromatic heterocycles. The topological polar surface area (TPSA) is 20.2 Å². The lowest BCUT2D eigenvalue weighted by atomic mass is 9.62. The third-order valence-electron chi connectivity index (χ3n) is 2.50. The Morgan fingerprint density at radius 2 is 1.81 bits per heavy atom. The van der Waals surface area contributed by atoms with Crippen molar-refractivity contribution < 1.29 is 18.2 Å². The van der Waals surface area contributed by atoms with Gasteiger partial charge in [-0.25, -0.2) is 0 Å². The van der Waals surface area contributed by atoms with Gasteiger partial charge in [0.1, 0.15) is 0 Å². The van der Waals surface area contributed by atoms with Crippen molar-refractivity contribution in [1.29, 1.82) is 0 Å². The lowest BCUT2D eigenvalue weighted by Gasteiger charge is -2.16. The summed E-state index contributed by atoms with van der Waals surface area (Å²) in [6, 6.07) is 3.93. The van der Waals surface area contributed by atoms with Gasteiger partial charge >= 0.3 is 13.1 Å². The number of hydrogen-bond acceptors (Lipinski definition) is 1. The van der Waals surface area contributed by atoms with Crippen molar-refractivity contribution >= 4 is 12.4 Å². The van der Waals surface area contributed by atoms with Crippen LogP contribution in [0.25, 0.3) is 0 Å². The van der Waals surface area contributed by atoms with Gasteiger partial charge in [0.05, 0.1) is 5.56 Å². The van der Waals surface area contributed by atoms with E-state index in [9.17, 15) is 18.2 Å². The fraction of sp³-hybridized carbons (Fsp3) is 0.455. The van der Waals surface area contributed by atoms with Crippen LogP contribution in [0.3, 0.4) is 0 Å². The number of hydrogen-bond donors (Lipinski definition) is 1. The summed E-state index contributed by atoms with van der Waals surface area (Å²) in [5.41, 5.74) is -0.0190. The molecular formula is C11H14BF3O. The number of halogens is 3. The minimum Gasteiger partial charge on any atom is -0.446 e. The summed E-state index contributed by atoms with van der Waals surface area (Å²) in [5, 5.41) is 9.37. The average Bonchev–Trinajstić information content (AvgIpc) is 2.15. The van der Waals surface area contributed by atoms with Crippen LogP contribution in [0.2, 0.25) is 6.82 Å². The van der Waals surface area contributed by atoms with E-state index < -0.39 is 18.7 Å². The third-order valence-corrected chi connectivity index (χ3v) is 2.50. The van der Waals surface area contributed by atoms with E-state index in [0.29, 0.717) is 0 Å². The molecule has 5 heteroatoms. The molecule has 0 atom stereocenters. The van der Waals surface area contributed by atoms with Crippen molar-refractivity contribution in [2.75, 3.05) is 0 Å². The van der Waals surface area contributed by atoms with Crippen LogP contribution in [-0.4, -0.2) is 11.9 Å². The maximum atomic E-state index is 12.6. The van der Waals surface area contributed by atoms with Crippen LogP contribution in [-0.2, 0) is 6.18 Å². The lowest BCUT2D eigenvalue weighted by Crippen LogP contribution is -2.34. The summed E-state index contributed by atoms with van der Waals surface area (Å²) < 4.78 is 37.9. The highest BCUT2D eigenvalue weighted by Crippen LogP contribution is 2.29. The fourth-order valence-corrected chi connectivity index (χ4v) is 1.54. The molecule has 0 saturated carbocycles. The Balaban J connectivity index is 3.31. The first-order chi connectivity index (χ1) is 7.23. The molecule has 0 fully saturated rings. The van der Waals surface area contributed by atoms with Crippen molar-refractivity contribution in [2.45, 2.75) is 32.8 Å². The molecule has 0 spiro atoms. The summed E-state index contributed by atoms with van der Waals surface area (Å²) in [6.07, 6.45) is -4.41. The van der Waals surface area contributed by atoms with E-state index in [1.54, 1.807) is 0 Å². The van der Waals surface area contributed by atoms with Gasteiger partial charge in [0.15, 0.2) is 0 Å². The SMILES string of the molecule is CB(O)c1cc(C(C)C)ccc1C(F)(F)F. The summed E-state index contributed by atoms with van der Waals surface area (Å²) in [4.78, 5) is 0. The molecular weight excluding hydrogens is 216 g/mol. The highest BCUT2D eigenvalue weighted by molar-refractivity contribution is 6.65. The Bertz CT molecular complexity index is 372. The predicted molar refractivity (Wildman–Crippen MR) is 59.0 cm³/mol. The first-order valence-corrected chi connectivity index (χ1v) is 5.12. The zero-order chi connectivity index (χ0) is 12.5. The van der Waals surface area contributed by atoms with Gasteiger partial charge in [-0.05, 0) is 16.9 Å². The van der Waals surface area contributed by atoms with Gasteiger partial charge in [0.2, 0.25) is 0 Å². The molecule has 0 aliphatic heterocycles. The molecule has 88 valence electrons. The summed E-state index contributed by atoms with van der Waals surface area (Å²) in [6.45, 7) is 4.02. The molecule has 1 rings (SSSR count). The lowest BCUT2D eigenvalue weighted by molar-refractivity contribution is -0.136. The maximum absolute atomic E-state index is 12.6. The molecule has 0 aliphatic rings. The van der Waals surface area contributed by atoms with Crippen LogP contribution in [0.15, 0.2) is 18.2 Å². The second kappa shape index (κ2) is 4.49. The van der Waals surface area contributed by atoms with Gasteiger partial charge in [-0.3, -0.25) is 0 Å². The summed E-state index contributed by atoms with van der Waals surface area (Å²) in [5.74, 6) is 0.139. The van der Waals surface area contributed by atoms with E-state index >= 15 is 0 Å². The van der Waals surface area contributed by atoms with E-state index in [-0.39, 0.29) is 11.4 Å². The molecule has 1 aromatic carbocycles. The Morgan fingerprint density at radius 1 is 1.25 bits per heavy atom. The van der Waals surface area contributed by atoms with E-state index in [1.807, 2.05) is 13.8 Å². The Hall–Kier alpha value is -0.965. The molecule has 1 aromatic rings. The first-order valence-electron chi connectivity index (χ1n) is 5.12. The molecule has 0 unspecified atom stereocenters. The third kappa shape index (κ3) is 2.79. The van der Waals surface area contributed by atoms with E-state index in [1.165, 1.54) is 19.0 Å². The monoisotopic (exact) mass is 230 g/mol. The van der Waals surface area contributed by atoms with Gasteiger partial charge in [0.25, 0.3) is 0 Å². The van der Waals surface area contributed by atoms with E-state index in [0.717, 1.165) is 11.6 Å². The van der Waals surface area contributed by atoms with Crippen LogP contribution in [0.5, 0.6) is 0 Å². The largest absolute Gasteiger partial charge is 0.446 e. The first kappa shape index (κ1) is 13.1. The molecule has 1 N–H and O–H groups in total. The van der Waals surface area contributed by atoms with Crippen LogP contribution in [0.1, 0.15) is 30.9 Å². The highest BCUT2D eigenvalue weighted by Gasteiger charge is 2.35. The Morgan fingerprint density at radius 3 is 2.19 bits per heavy atom. The van der Waals surface area contributed by atoms with Gasteiger partial charge < -0.3 is 5.02 Å². The number of benzene rings is 1. The maximum Gasteiger partial charge on any atom is 0.415 e. The second-order valence-electron chi connectivity index (χ2n) is 4.18. The zero-order valence-corrected chi connectivity index (χ0v) is 9.47. The fourth-order valence-electron chi connectivity index (χ4n) is 1.54. The van der Waals surface area contributed by atoms with Crippen molar-refractivity contribution in [2.24, 2.45) is 0 Å². The standard InChI is InChI=1S/C11H14BF3O/c1-7(2)8-4-5-9(11(13,14)15)10(6-8)12(3)16/h4-7,16H,1-3H3. The van der Waals surface area contributed by atoms with Gasteiger partial charge in [-0.15, -0.1) is 0 Å². The van der Waals surface area contributed by atoms with Crippen molar-refractivity contribution in [3.05, 3.63) is 29.3 Å². The normalized spacial score (nSPS) is 12.0. The minimum absolute atomic E-state index is 0.0568.